The lowest BCUT2D eigenvalue weighted by Gasteiger charge is -2.36. The van der Waals surface area contributed by atoms with Crippen molar-refractivity contribution in [3.63, 3.8) is 0 Å². The lowest BCUT2D eigenvalue weighted by Crippen LogP contribution is -2.52. The van der Waals surface area contributed by atoms with Crippen LogP contribution in [0, 0.1) is 0 Å². The highest BCUT2D eigenvalue weighted by molar-refractivity contribution is 5.86. The summed E-state index contributed by atoms with van der Waals surface area (Å²) in [6.45, 7) is 6.04. The molecule has 0 saturated carbocycles. The maximum absolute atomic E-state index is 12.5. The highest BCUT2D eigenvalue weighted by Gasteiger charge is 2.21. The average Bonchev–Trinajstić information content (AvgIpc) is 2.75. The molecule has 0 atom stereocenters. The number of ether oxygens (including phenoxy) is 2. The molecule has 2 rings (SSSR count). The van der Waals surface area contributed by atoms with E-state index in [9.17, 15) is 4.79 Å². The van der Waals surface area contributed by atoms with Gasteiger partial charge in [0.25, 0.3) is 0 Å². The van der Waals surface area contributed by atoms with Crippen molar-refractivity contribution in [3.8, 4) is 0 Å². The molecule has 1 saturated heterocycles. The van der Waals surface area contributed by atoms with Crippen molar-refractivity contribution >= 4 is 17.6 Å². The van der Waals surface area contributed by atoms with Gasteiger partial charge in [-0.1, -0.05) is 18.2 Å². The van der Waals surface area contributed by atoms with E-state index < -0.39 is 0 Å². The average molecular weight is 392 g/mol. The number of para-hydroxylation sites is 1. The quantitative estimate of drug-likeness (QED) is 0.345. The molecule has 0 unspecified atom stereocenters. The molecule has 0 radical (unpaired) electrons. The molecule has 8 nitrogen and oxygen atoms in total. The number of guanidine groups is 1. The minimum Gasteiger partial charge on any atom is -0.382 e. The Bertz CT molecular complexity index is 589. The number of piperazine rings is 1. The zero-order valence-electron chi connectivity index (χ0n) is 17.0. The smallest absolute Gasteiger partial charge is 0.242 e. The van der Waals surface area contributed by atoms with Crippen LogP contribution in [0.5, 0.6) is 0 Å². The Balaban J connectivity index is 1.60. The van der Waals surface area contributed by atoms with Crippen LogP contribution in [0.1, 0.15) is 6.42 Å². The van der Waals surface area contributed by atoms with Crippen LogP contribution in [-0.2, 0) is 14.3 Å². The fraction of sp³-hybridized carbons (Fsp3) is 0.600. The SMILES string of the molecule is CN=C(NCCCOCCOC)NCC(=O)N1CCN(c2ccccc2)CC1. The van der Waals surface area contributed by atoms with E-state index in [0.717, 1.165) is 39.1 Å². The van der Waals surface area contributed by atoms with Crippen molar-refractivity contribution in [2.24, 2.45) is 4.99 Å². The second-order valence-electron chi connectivity index (χ2n) is 6.51. The normalized spacial score (nSPS) is 14.9. The van der Waals surface area contributed by atoms with Crippen molar-refractivity contribution < 1.29 is 14.3 Å². The van der Waals surface area contributed by atoms with Crippen LogP contribution in [0.15, 0.2) is 35.3 Å². The Kier molecular flexibility index (Phi) is 10.2. The highest BCUT2D eigenvalue weighted by atomic mass is 16.5. The summed E-state index contributed by atoms with van der Waals surface area (Å²) in [6.07, 6.45) is 0.861. The topological polar surface area (TPSA) is 78.4 Å². The molecule has 0 aromatic heterocycles. The molecule has 8 heteroatoms. The van der Waals surface area contributed by atoms with Gasteiger partial charge in [-0.3, -0.25) is 9.79 Å². The maximum atomic E-state index is 12.5. The van der Waals surface area contributed by atoms with Gasteiger partial charge < -0.3 is 29.9 Å². The standard InChI is InChI=1S/C20H33N5O3/c1-21-20(22-9-6-14-28-16-15-27-2)23-17-19(26)25-12-10-24(11-13-25)18-7-4-3-5-8-18/h3-5,7-8H,6,9-17H2,1-2H3,(H2,21,22,23). The molecule has 1 aromatic rings. The number of carbonyl (C=O) groups excluding carboxylic acids is 1. The van der Waals surface area contributed by atoms with E-state index in [4.69, 9.17) is 9.47 Å². The molecule has 0 bridgehead atoms. The van der Waals surface area contributed by atoms with Crippen LogP contribution in [0.4, 0.5) is 5.69 Å². The summed E-state index contributed by atoms with van der Waals surface area (Å²) in [5.74, 6) is 0.728. The number of hydrogen-bond donors (Lipinski definition) is 2. The van der Waals surface area contributed by atoms with Gasteiger partial charge in [0.05, 0.1) is 19.8 Å². The third kappa shape index (κ3) is 7.74. The van der Waals surface area contributed by atoms with Crippen molar-refractivity contribution in [2.45, 2.75) is 6.42 Å². The van der Waals surface area contributed by atoms with Gasteiger partial charge in [0.2, 0.25) is 5.91 Å². The van der Waals surface area contributed by atoms with Crippen LogP contribution >= 0.6 is 0 Å². The number of benzene rings is 1. The second kappa shape index (κ2) is 13.0. The van der Waals surface area contributed by atoms with E-state index in [1.54, 1.807) is 14.2 Å². The molecule has 28 heavy (non-hydrogen) atoms. The maximum Gasteiger partial charge on any atom is 0.242 e. The van der Waals surface area contributed by atoms with Gasteiger partial charge in [-0.2, -0.15) is 0 Å². The third-order valence-electron chi connectivity index (χ3n) is 4.57. The molecule has 1 amide bonds. The lowest BCUT2D eigenvalue weighted by molar-refractivity contribution is -0.130. The van der Waals surface area contributed by atoms with E-state index in [1.807, 2.05) is 23.1 Å². The molecule has 1 aliphatic heterocycles. The predicted octanol–water partition coefficient (Wildman–Crippen LogP) is 0.553. The van der Waals surface area contributed by atoms with Crippen LogP contribution in [0.25, 0.3) is 0 Å². The Morgan fingerprint density at radius 2 is 1.82 bits per heavy atom. The largest absolute Gasteiger partial charge is 0.382 e. The summed E-state index contributed by atoms with van der Waals surface area (Å²) >= 11 is 0. The number of anilines is 1. The van der Waals surface area contributed by atoms with E-state index in [-0.39, 0.29) is 12.5 Å². The number of methoxy groups -OCH3 is 1. The number of carbonyl (C=O) groups is 1. The molecule has 1 fully saturated rings. The van der Waals surface area contributed by atoms with Gasteiger partial charge in [-0.05, 0) is 18.6 Å². The van der Waals surface area contributed by atoms with Crippen molar-refractivity contribution in [1.82, 2.24) is 15.5 Å². The van der Waals surface area contributed by atoms with Gasteiger partial charge in [-0.25, -0.2) is 0 Å². The summed E-state index contributed by atoms with van der Waals surface area (Å²) in [7, 11) is 3.36. The molecule has 0 spiro atoms. The first-order valence-electron chi connectivity index (χ1n) is 9.83. The number of amides is 1. The summed E-state index contributed by atoms with van der Waals surface area (Å²) in [5, 5.41) is 6.29. The molecule has 1 aromatic carbocycles. The van der Waals surface area contributed by atoms with Crippen LogP contribution in [0.3, 0.4) is 0 Å². The summed E-state index contributed by atoms with van der Waals surface area (Å²) in [4.78, 5) is 20.8. The van der Waals surface area contributed by atoms with Gasteiger partial charge in [0.1, 0.15) is 0 Å². The second-order valence-corrected chi connectivity index (χ2v) is 6.51. The van der Waals surface area contributed by atoms with Crippen molar-refractivity contribution in [2.75, 3.05) is 78.1 Å². The van der Waals surface area contributed by atoms with E-state index in [0.29, 0.717) is 25.8 Å². The van der Waals surface area contributed by atoms with Gasteiger partial charge in [0, 0.05) is 59.2 Å². The Morgan fingerprint density at radius 1 is 1.07 bits per heavy atom. The number of rotatable bonds is 10. The summed E-state index contributed by atoms with van der Waals surface area (Å²) < 4.78 is 10.3. The molecule has 1 heterocycles. The zero-order valence-corrected chi connectivity index (χ0v) is 17.0. The predicted molar refractivity (Wildman–Crippen MR) is 112 cm³/mol. The van der Waals surface area contributed by atoms with E-state index in [1.165, 1.54) is 5.69 Å². The lowest BCUT2D eigenvalue weighted by atomic mass is 10.2. The molecule has 1 aliphatic rings. The van der Waals surface area contributed by atoms with E-state index in [2.05, 4.69) is 32.7 Å². The Morgan fingerprint density at radius 3 is 2.50 bits per heavy atom. The monoisotopic (exact) mass is 391 g/mol. The minimum absolute atomic E-state index is 0.0959. The van der Waals surface area contributed by atoms with Crippen molar-refractivity contribution in [3.05, 3.63) is 30.3 Å². The molecular weight excluding hydrogens is 358 g/mol. The fourth-order valence-electron chi connectivity index (χ4n) is 2.97. The molecule has 156 valence electrons. The van der Waals surface area contributed by atoms with Crippen LogP contribution in [0.2, 0.25) is 0 Å². The third-order valence-corrected chi connectivity index (χ3v) is 4.57. The van der Waals surface area contributed by atoms with E-state index >= 15 is 0 Å². The van der Waals surface area contributed by atoms with Gasteiger partial charge in [-0.15, -0.1) is 0 Å². The summed E-state index contributed by atoms with van der Waals surface area (Å²) in [5.41, 5.74) is 1.21. The number of nitrogens with zero attached hydrogens (tertiary/aromatic N) is 3. The molecular formula is C20H33N5O3. The summed E-state index contributed by atoms with van der Waals surface area (Å²) in [6, 6.07) is 10.3. The number of aliphatic imine (C=N–C) groups is 1. The number of nitrogens with one attached hydrogen (secondary N) is 2. The van der Waals surface area contributed by atoms with Gasteiger partial charge >= 0.3 is 0 Å². The first-order chi connectivity index (χ1) is 13.7. The molecule has 0 aliphatic carbocycles. The first-order valence-corrected chi connectivity index (χ1v) is 9.83. The van der Waals surface area contributed by atoms with Crippen LogP contribution in [-0.4, -0.2) is 90.0 Å². The molecule has 2 N–H and O–H groups in total. The van der Waals surface area contributed by atoms with Gasteiger partial charge in [0.15, 0.2) is 5.96 Å². The minimum atomic E-state index is 0.0959. The first kappa shape index (κ1) is 22.0. The number of hydrogen-bond acceptors (Lipinski definition) is 5. The Labute approximate surface area is 167 Å². The van der Waals surface area contributed by atoms with Crippen LogP contribution < -0.4 is 15.5 Å². The van der Waals surface area contributed by atoms with Crippen molar-refractivity contribution in [1.29, 1.82) is 0 Å². The Hall–Kier alpha value is -2.32. The zero-order chi connectivity index (χ0) is 20.0. The fourth-order valence-corrected chi connectivity index (χ4v) is 2.97. The highest BCUT2D eigenvalue weighted by Crippen LogP contribution is 2.15.